The van der Waals surface area contributed by atoms with Gasteiger partial charge in [-0.05, 0) is 19.4 Å². The van der Waals surface area contributed by atoms with Crippen molar-refractivity contribution in [2.24, 2.45) is 0 Å². The molecule has 1 heterocycles. The topological polar surface area (TPSA) is 122 Å². The molecule has 0 spiro atoms. The van der Waals surface area contributed by atoms with Crippen LogP contribution in [-0.2, 0) is 9.59 Å². The molecule has 1 atom stereocenters. The van der Waals surface area contributed by atoms with Crippen molar-refractivity contribution in [3.63, 3.8) is 0 Å². The lowest BCUT2D eigenvalue weighted by Gasteiger charge is -2.21. The summed E-state index contributed by atoms with van der Waals surface area (Å²) in [6.45, 7) is 3.31. The molecule has 1 unspecified atom stereocenters. The minimum Gasteiger partial charge on any atom is -0.324 e. The van der Waals surface area contributed by atoms with E-state index in [1.807, 2.05) is 0 Å². The molecule has 2 N–H and O–H groups in total. The van der Waals surface area contributed by atoms with Crippen LogP contribution >= 0.6 is 0 Å². The van der Waals surface area contributed by atoms with Crippen molar-refractivity contribution >= 4 is 29.2 Å². The maximum atomic E-state index is 12.6. The SMILES string of the molecule is CCCCCCC1(C)NC(=O)N(CC(=O)Nc2cccc([N+](=O)[O-])c2)C1=O. The van der Waals surface area contributed by atoms with Crippen LogP contribution in [0.5, 0.6) is 0 Å². The molecule has 1 fully saturated rings. The largest absolute Gasteiger partial charge is 0.325 e. The third kappa shape index (κ3) is 5.02. The number of amides is 4. The Labute approximate surface area is 157 Å². The molecule has 1 aromatic carbocycles. The number of non-ortho nitro benzene ring substituents is 1. The lowest BCUT2D eigenvalue weighted by molar-refractivity contribution is -0.384. The Morgan fingerprint density at radius 1 is 1.30 bits per heavy atom. The molecule has 0 radical (unpaired) electrons. The van der Waals surface area contributed by atoms with E-state index in [0.717, 1.165) is 30.6 Å². The lowest BCUT2D eigenvalue weighted by Crippen LogP contribution is -2.44. The first-order valence-corrected chi connectivity index (χ1v) is 8.95. The van der Waals surface area contributed by atoms with E-state index < -0.39 is 34.9 Å². The Hall–Kier alpha value is -2.97. The molecule has 1 aromatic rings. The number of anilines is 1. The zero-order valence-corrected chi connectivity index (χ0v) is 15.5. The summed E-state index contributed by atoms with van der Waals surface area (Å²) in [6.07, 6.45) is 4.43. The van der Waals surface area contributed by atoms with Crippen molar-refractivity contribution in [2.45, 2.75) is 51.5 Å². The van der Waals surface area contributed by atoms with Crippen LogP contribution in [0.4, 0.5) is 16.2 Å². The maximum absolute atomic E-state index is 12.6. The van der Waals surface area contributed by atoms with Crippen LogP contribution < -0.4 is 10.6 Å². The zero-order valence-electron chi connectivity index (χ0n) is 15.5. The van der Waals surface area contributed by atoms with Crippen LogP contribution in [0.1, 0.15) is 46.0 Å². The van der Waals surface area contributed by atoms with Gasteiger partial charge >= 0.3 is 6.03 Å². The van der Waals surface area contributed by atoms with Gasteiger partial charge in [0.25, 0.3) is 11.6 Å². The van der Waals surface area contributed by atoms with Crippen molar-refractivity contribution in [3.8, 4) is 0 Å². The summed E-state index contributed by atoms with van der Waals surface area (Å²) >= 11 is 0. The number of unbranched alkanes of at least 4 members (excludes halogenated alkanes) is 3. The normalized spacial score (nSPS) is 19.1. The second-order valence-electron chi connectivity index (χ2n) is 6.82. The van der Waals surface area contributed by atoms with E-state index in [9.17, 15) is 24.5 Å². The number of nitro benzene ring substituents is 1. The predicted molar refractivity (Wildman–Crippen MR) is 99.1 cm³/mol. The molecule has 0 aromatic heterocycles. The van der Waals surface area contributed by atoms with Crippen LogP contribution in [0.3, 0.4) is 0 Å². The fourth-order valence-corrected chi connectivity index (χ4v) is 3.01. The number of imide groups is 1. The first-order chi connectivity index (χ1) is 12.8. The quantitative estimate of drug-likeness (QED) is 0.297. The Bertz CT molecular complexity index is 751. The average molecular weight is 376 g/mol. The number of nitro groups is 1. The van der Waals surface area contributed by atoms with E-state index in [2.05, 4.69) is 17.6 Å². The third-order valence-electron chi connectivity index (χ3n) is 4.52. The van der Waals surface area contributed by atoms with Crippen molar-refractivity contribution < 1.29 is 19.3 Å². The zero-order chi connectivity index (χ0) is 20.0. The van der Waals surface area contributed by atoms with Gasteiger partial charge in [-0.1, -0.05) is 38.7 Å². The summed E-state index contributed by atoms with van der Waals surface area (Å²) in [7, 11) is 0. The third-order valence-corrected chi connectivity index (χ3v) is 4.52. The van der Waals surface area contributed by atoms with Crippen molar-refractivity contribution in [2.75, 3.05) is 11.9 Å². The molecule has 27 heavy (non-hydrogen) atoms. The van der Waals surface area contributed by atoms with Gasteiger partial charge in [0.15, 0.2) is 0 Å². The molecule has 9 heteroatoms. The summed E-state index contributed by atoms with van der Waals surface area (Å²) in [6, 6.07) is 4.84. The first-order valence-electron chi connectivity index (χ1n) is 8.95. The van der Waals surface area contributed by atoms with E-state index in [1.54, 1.807) is 6.92 Å². The number of carbonyl (C=O) groups excluding carboxylic acids is 3. The second-order valence-corrected chi connectivity index (χ2v) is 6.82. The van der Waals surface area contributed by atoms with Gasteiger partial charge in [0, 0.05) is 17.8 Å². The van der Waals surface area contributed by atoms with Crippen molar-refractivity contribution in [1.82, 2.24) is 10.2 Å². The molecule has 9 nitrogen and oxygen atoms in total. The van der Waals surface area contributed by atoms with Crippen LogP contribution in [-0.4, -0.2) is 39.8 Å². The highest BCUT2D eigenvalue weighted by Crippen LogP contribution is 2.24. The minimum atomic E-state index is -1.00. The van der Waals surface area contributed by atoms with Gasteiger partial charge in [-0.3, -0.25) is 24.6 Å². The number of benzene rings is 1. The van der Waals surface area contributed by atoms with Gasteiger partial charge in [-0.15, -0.1) is 0 Å². The molecule has 2 rings (SSSR count). The molecule has 0 bridgehead atoms. The lowest BCUT2D eigenvalue weighted by atomic mass is 9.94. The van der Waals surface area contributed by atoms with E-state index in [0.29, 0.717) is 6.42 Å². The van der Waals surface area contributed by atoms with Gasteiger partial charge in [-0.25, -0.2) is 4.79 Å². The Kier molecular flexibility index (Phi) is 6.49. The number of nitrogens with one attached hydrogen (secondary N) is 2. The number of hydrogen-bond donors (Lipinski definition) is 2. The smallest absolute Gasteiger partial charge is 0.324 e. The fraction of sp³-hybridized carbons (Fsp3) is 0.500. The Morgan fingerprint density at radius 2 is 2.04 bits per heavy atom. The standard InChI is InChI=1S/C18H24N4O5/c1-3-4-5-6-10-18(2)16(24)21(17(25)20-18)12-15(23)19-13-8-7-9-14(11-13)22(26)27/h7-9,11H,3-6,10,12H2,1-2H3,(H,19,23)(H,20,25). The maximum Gasteiger partial charge on any atom is 0.325 e. The molecule has 0 aliphatic carbocycles. The summed E-state index contributed by atoms with van der Waals surface area (Å²) < 4.78 is 0. The number of urea groups is 1. The van der Waals surface area contributed by atoms with Gasteiger partial charge in [0.2, 0.25) is 5.91 Å². The summed E-state index contributed by atoms with van der Waals surface area (Å²) in [5.74, 6) is -1.03. The Morgan fingerprint density at radius 3 is 2.70 bits per heavy atom. The molecule has 1 saturated heterocycles. The van der Waals surface area contributed by atoms with Gasteiger partial charge < -0.3 is 10.6 Å². The highest BCUT2D eigenvalue weighted by molar-refractivity contribution is 6.09. The van der Waals surface area contributed by atoms with Gasteiger partial charge in [0.1, 0.15) is 12.1 Å². The Balaban J connectivity index is 1.97. The van der Waals surface area contributed by atoms with Crippen LogP contribution in [0.25, 0.3) is 0 Å². The van der Waals surface area contributed by atoms with E-state index in [4.69, 9.17) is 0 Å². The fourth-order valence-electron chi connectivity index (χ4n) is 3.01. The predicted octanol–water partition coefficient (Wildman–Crippen LogP) is 2.81. The van der Waals surface area contributed by atoms with Crippen LogP contribution in [0.15, 0.2) is 24.3 Å². The minimum absolute atomic E-state index is 0.164. The van der Waals surface area contributed by atoms with Crippen LogP contribution in [0, 0.1) is 10.1 Å². The van der Waals surface area contributed by atoms with Crippen LogP contribution in [0.2, 0.25) is 0 Å². The average Bonchev–Trinajstić information content (AvgIpc) is 2.82. The van der Waals surface area contributed by atoms with Crippen molar-refractivity contribution in [1.29, 1.82) is 0 Å². The summed E-state index contributed by atoms with van der Waals surface area (Å²) in [4.78, 5) is 48.0. The van der Waals surface area contributed by atoms with E-state index in [1.165, 1.54) is 24.3 Å². The second kappa shape index (κ2) is 8.61. The number of hydrogen-bond acceptors (Lipinski definition) is 5. The number of rotatable bonds is 9. The molecular weight excluding hydrogens is 352 g/mol. The molecule has 0 saturated carbocycles. The molecular formula is C18H24N4O5. The molecule has 146 valence electrons. The molecule has 1 aliphatic heterocycles. The first kappa shape index (κ1) is 20.3. The van der Waals surface area contributed by atoms with Gasteiger partial charge in [0.05, 0.1) is 4.92 Å². The van der Waals surface area contributed by atoms with Crippen molar-refractivity contribution in [3.05, 3.63) is 34.4 Å². The van der Waals surface area contributed by atoms with E-state index in [-0.39, 0.29) is 11.4 Å². The highest BCUT2D eigenvalue weighted by atomic mass is 16.6. The highest BCUT2D eigenvalue weighted by Gasteiger charge is 2.47. The van der Waals surface area contributed by atoms with E-state index >= 15 is 0 Å². The summed E-state index contributed by atoms with van der Waals surface area (Å²) in [5, 5.41) is 15.9. The molecule has 4 amide bonds. The number of carbonyl (C=O) groups is 3. The van der Waals surface area contributed by atoms with Gasteiger partial charge in [-0.2, -0.15) is 0 Å². The summed E-state index contributed by atoms with van der Waals surface area (Å²) in [5.41, 5.74) is -0.942. The molecule has 1 aliphatic rings. The number of nitrogens with zero attached hydrogens (tertiary/aromatic N) is 2. The monoisotopic (exact) mass is 376 g/mol.